The van der Waals surface area contributed by atoms with Gasteiger partial charge < -0.3 is 9.80 Å². The van der Waals surface area contributed by atoms with Crippen molar-refractivity contribution in [3.63, 3.8) is 0 Å². The van der Waals surface area contributed by atoms with Crippen LogP contribution >= 0.6 is 0 Å². The molecule has 1 aromatic carbocycles. The summed E-state index contributed by atoms with van der Waals surface area (Å²) in [5.41, 5.74) is 1.43. The molecule has 1 aliphatic rings. The molecule has 0 unspecified atom stereocenters. The molecule has 5 nitrogen and oxygen atoms in total. The highest BCUT2D eigenvalue weighted by molar-refractivity contribution is 5.95. The molecule has 2 rings (SSSR count). The Morgan fingerprint density at radius 3 is 2.24 bits per heavy atom. The van der Waals surface area contributed by atoms with Crippen molar-refractivity contribution >= 4 is 11.6 Å². The topological polar surface area (TPSA) is 53.0 Å². The second-order valence-electron chi connectivity index (χ2n) is 4.23. The van der Waals surface area contributed by atoms with Gasteiger partial charge in [-0.2, -0.15) is 0 Å². The van der Waals surface area contributed by atoms with E-state index < -0.39 is 5.91 Å². The summed E-state index contributed by atoms with van der Waals surface area (Å²) in [7, 11) is 2.11. The molecule has 0 spiro atoms. The van der Waals surface area contributed by atoms with E-state index in [1.165, 1.54) is 0 Å². The Hall–Kier alpha value is -1.75. The minimum Gasteiger partial charge on any atom is -0.369 e. The number of carbonyl (C=O) groups excluding carboxylic acids is 1. The van der Waals surface area contributed by atoms with Crippen LogP contribution in [-0.4, -0.2) is 44.0 Å². The van der Waals surface area contributed by atoms with Gasteiger partial charge in [0.15, 0.2) is 0 Å². The molecule has 0 radical (unpaired) electrons. The summed E-state index contributed by atoms with van der Waals surface area (Å²) in [6.07, 6.45) is 0. The molecule has 0 atom stereocenters. The zero-order valence-electron chi connectivity index (χ0n) is 9.80. The van der Waals surface area contributed by atoms with Crippen molar-refractivity contribution in [3.8, 4) is 0 Å². The molecule has 0 aliphatic carbocycles. The van der Waals surface area contributed by atoms with Gasteiger partial charge in [0, 0.05) is 42.6 Å². The lowest BCUT2D eigenvalue weighted by atomic mass is 10.1. The first-order valence-electron chi connectivity index (χ1n) is 5.62. The second kappa shape index (κ2) is 5.05. The van der Waals surface area contributed by atoms with Gasteiger partial charge in [-0.3, -0.25) is 4.79 Å². The summed E-state index contributed by atoms with van der Waals surface area (Å²) in [5, 5.41) is 2.40. The van der Waals surface area contributed by atoms with Crippen molar-refractivity contribution < 1.29 is 4.79 Å². The monoisotopic (exact) mass is 233 g/mol. The van der Waals surface area contributed by atoms with Gasteiger partial charge in [0.2, 0.25) is 0 Å². The van der Waals surface area contributed by atoms with Gasteiger partial charge in [-0.15, -0.1) is 4.91 Å². The summed E-state index contributed by atoms with van der Waals surface area (Å²) >= 11 is 0. The van der Waals surface area contributed by atoms with E-state index in [2.05, 4.69) is 22.0 Å². The summed E-state index contributed by atoms with van der Waals surface area (Å²) < 4.78 is 0. The van der Waals surface area contributed by atoms with E-state index in [1.54, 1.807) is 12.1 Å². The Bertz CT molecular complexity index is 408. The first-order valence-corrected chi connectivity index (χ1v) is 5.62. The molecule has 5 heteroatoms. The molecule has 0 N–H and O–H groups in total. The molecule has 0 aromatic heterocycles. The van der Waals surface area contributed by atoms with E-state index in [0.717, 1.165) is 31.9 Å². The van der Waals surface area contributed by atoms with Crippen LogP contribution in [0.5, 0.6) is 0 Å². The maximum absolute atomic E-state index is 11.0. The third-order valence-corrected chi connectivity index (χ3v) is 3.07. The van der Waals surface area contributed by atoms with E-state index in [4.69, 9.17) is 0 Å². The number of hydrogen-bond acceptors (Lipinski definition) is 4. The molecule has 1 aliphatic heterocycles. The van der Waals surface area contributed by atoms with Crippen LogP contribution in [0.1, 0.15) is 10.4 Å². The predicted molar refractivity (Wildman–Crippen MR) is 66.3 cm³/mol. The van der Waals surface area contributed by atoms with Gasteiger partial charge in [0.25, 0.3) is 0 Å². The summed E-state index contributed by atoms with van der Waals surface area (Å²) in [5.74, 6) is -0.713. The minimum absolute atomic E-state index is 0.345. The number of amides is 1. The van der Waals surface area contributed by atoms with Crippen LogP contribution in [0.15, 0.2) is 29.4 Å². The largest absolute Gasteiger partial charge is 0.369 e. The van der Waals surface area contributed by atoms with Crippen LogP contribution in [0.4, 0.5) is 5.69 Å². The summed E-state index contributed by atoms with van der Waals surface area (Å²) in [6, 6.07) is 7.03. The quantitative estimate of drug-likeness (QED) is 0.723. The van der Waals surface area contributed by atoms with Crippen LogP contribution in [0.25, 0.3) is 0 Å². The first kappa shape index (κ1) is 11.7. The van der Waals surface area contributed by atoms with E-state index in [0.29, 0.717) is 5.56 Å². The van der Waals surface area contributed by atoms with Crippen LogP contribution < -0.4 is 4.90 Å². The number of piperazine rings is 1. The SMILES string of the molecule is CN1CCN(c2ccc(C(=O)N=O)cc2)CC1. The highest BCUT2D eigenvalue weighted by Gasteiger charge is 2.14. The number of likely N-dealkylation sites (N-methyl/N-ethyl adjacent to an activating group) is 1. The summed E-state index contributed by atoms with van der Waals surface area (Å²) in [6.45, 7) is 4.04. The number of nitrogens with zero attached hydrogens (tertiary/aromatic N) is 3. The van der Waals surface area contributed by atoms with Crippen molar-refractivity contribution in [3.05, 3.63) is 34.7 Å². The van der Waals surface area contributed by atoms with Crippen LogP contribution in [0.3, 0.4) is 0 Å². The first-order chi connectivity index (χ1) is 8.20. The van der Waals surface area contributed by atoms with Crippen molar-refractivity contribution in [2.24, 2.45) is 5.18 Å². The molecule has 1 fully saturated rings. The predicted octanol–water partition coefficient (Wildman–Crippen LogP) is 1.34. The minimum atomic E-state index is -0.713. The molecule has 0 bridgehead atoms. The fourth-order valence-corrected chi connectivity index (χ4v) is 1.93. The average molecular weight is 233 g/mol. The summed E-state index contributed by atoms with van der Waals surface area (Å²) in [4.78, 5) is 25.7. The number of carbonyl (C=O) groups is 1. The molecule has 17 heavy (non-hydrogen) atoms. The van der Waals surface area contributed by atoms with Crippen molar-refractivity contribution in [2.45, 2.75) is 0 Å². The molecule has 90 valence electrons. The number of anilines is 1. The second-order valence-corrected chi connectivity index (χ2v) is 4.23. The zero-order valence-corrected chi connectivity index (χ0v) is 9.80. The molecular formula is C12H15N3O2. The third kappa shape index (κ3) is 2.68. The van der Waals surface area contributed by atoms with Gasteiger partial charge in [-0.25, -0.2) is 0 Å². The van der Waals surface area contributed by atoms with Crippen LogP contribution in [0.2, 0.25) is 0 Å². The van der Waals surface area contributed by atoms with Gasteiger partial charge in [-0.1, -0.05) is 0 Å². The molecule has 1 saturated heterocycles. The number of nitroso groups, excluding NO2 is 1. The number of benzene rings is 1. The van der Waals surface area contributed by atoms with Gasteiger partial charge in [0.1, 0.15) is 0 Å². The van der Waals surface area contributed by atoms with Crippen LogP contribution in [-0.2, 0) is 0 Å². The van der Waals surface area contributed by atoms with Gasteiger partial charge in [-0.05, 0) is 31.3 Å². The Morgan fingerprint density at radius 2 is 1.71 bits per heavy atom. The molecule has 0 saturated carbocycles. The third-order valence-electron chi connectivity index (χ3n) is 3.07. The van der Waals surface area contributed by atoms with Crippen molar-refractivity contribution in [2.75, 3.05) is 38.1 Å². The Kier molecular flexibility index (Phi) is 3.49. The normalized spacial score (nSPS) is 16.9. The van der Waals surface area contributed by atoms with Crippen molar-refractivity contribution in [1.29, 1.82) is 0 Å². The van der Waals surface area contributed by atoms with E-state index in [9.17, 15) is 9.70 Å². The molecular weight excluding hydrogens is 218 g/mol. The maximum Gasteiger partial charge on any atom is 0.316 e. The Labute approximate surface area is 100.0 Å². The smallest absolute Gasteiger partial charge is 0.316 e. The number of hydrogen-bond donors (Lipinski definition) is 0. The lowest BCUT2D eigenvalue weighted by Gasteiger charge is -2.34. The maximum atomic E-state index is 11.0. The standard InChI is InChI=1S/C12H15N3O2/c1-14-6-8-15(9-7-14)11-4-2-10(3-5-11)12(16)13-17/h2-5H,6-9H2,1H3. The fourth-order valence-electron chi connectivity index (χ4n) is 1.93. The van der Waals surface area contributed by atoms with Gasteiger partial charge >= 0.3 is 5.91 Å². The van der Waals surface area contributed by atoms with Crippen molar-refractivity contribution in [1.82, 2.24) is 4.90 Å². The van der Waals surface area contributed by atoms with E-state index in [-0.39, 0.29) is 0 Å². The lowest BCUT2D eigenvalue weighted by molar-refractivity contribution is 0.100. The molecule has 1 aromatic rings. The van der Waals surface area contributed by atoms with Gasteiger partial charge in [0.05, 0.1) is 0 Å². The molecule has 1 heterocycles. The Balaban J connectivity index is 2.07. The highest BCUT2D eigenvalue weighted by Crippen LogP contribution is 2.17. The van der Waals surface area contributed by atoms with E-state index >= 15 is 0 Å². The highest BCUT2D eigenvalue weighted by atomic mass is 16.3. The number of rotatable bonds is 2. The fraction of sp³-hybridized carbons (Fsp3) is 0.417. The molecule has 1 amide bonds. The average Bonchev–Trinajstić information content (AvgIpc) is 2.39. The lowest BCUT2D eigenvalue weighted by Crippen LogP contribution is -2.44. The van der Waals surface area contributed by atoms with E-state index in [1.807, 2.05) is 12.1 Å². The zero-order chi connectivity index (χ0) is 12.3. The van der Waals surface area contributed by atoms with Crippen LogP contribution in [0, 0.1) is 4.91 Å². The Morgan fingerprint density at radius 1 is 1.12 bits per heavy atom.